The van der Waals surface area contributed by atoms with Crippen molar-refractivity contribution in [1.29, 1.82) is 0 Å². The van der Waals surface area contributed by atoms with Crippen LogP contribution >= 0.6 is 0 Å². The number of pyridine rings is 2. The molecule has 1 spiro atoms. The van der Waals surface area contributed by atoms with Gasteiger partial charge in [-0.15, -0.1) is 0 Å². The maximum atomic E-state index is 13.6. The Balaban J connectivity index is 1.10. The summed E-state index contributed by atoms with van der Waals surface area (Å²) in [6.45, 7) is 0.888. The molecule has 2 aliphatic heterocycles. The molecule has 2 fully saturated rings. The third kappa shape index (κ3) is 4.55. The van der Waals surface area contributed by atoms with Crippen LogP contribution in [0.5, 0.6) is 5.75 Å². The lowest BCUT2D eigenvalue weighted by Gasteiger charge is -2.43. The van der Waals surface area contributed by atoms with Crippen molar-refractivity contribution in [2.45, 2.75) is 43.6 Å². The molecule has 1 saturated carbocycles. The number of esters is 1. The first-order valence-corrected chi connectivity index (χ1v) is 14.2. The van der Waals surface area contributed by atoms with Gasteiger partial charge in [-0.3, -0.25) is 9.78 Å². The number of fused-ring (bicyclic) bond motifs is 2. The minimum absolute atomic E-state index is 0.0775. The largest absolute Gasteiger partial charge is 0.496 e. The minimum Gasteiger partial charge on any atom is -0.496 e. The van der Waals surface area contributed by atoms with Crippen LogP contribution in [0.1, 0.15) is 73.9 Å². The molecule has 1 saturated heterocycles. The first-order chi connectivity index (χ1) is 20.3. The molecule has 42 heavy (non-hydrogen) atoms. The molecule has 3 aliphatic rings. The van der Waals surface area contributed by atoms with Crippen LogP contribution in [-0.2, 0) is 11.2 Å². The van der Waals surface area contributed by atoms with Gasteiger partial charge in [-0.2, -0.15) is 0 Å². The summed E-state index contributed by atoms with van der Waals surface area (Å²) in [7, 11) is 1.61. The number of piperidine rings is 1. The molecule has 1 aliphatic carbocycles. The fourth-order valence-corrected chi connectivity index (χ4v) is 6.25. The molecule has 0 atom stereocenters. The van der Waals surface area contributed by atoms with E-state index in [2.05, 4.69) is 11.1 Å². The summed E-state index contributed by atoms with van der Waals surface area (Å²) in [5.41, 5.74) is 4.42. The van der Waals surface area contributed by atoms with E-state index in [0.717, 1.165) is 29.3 Å². The zero-order valence-corrected chi connectivity index (χ0v) is 23.1. The van der Waals surface area contributed by atoms with E-state index >= 15 is 0 Å². The van der Waals surface area contributed by atoms with Crippen molar-refractivity contribution in [3.8, 4) is 16.9 Å². The zero-order valence-electron chi connectivity index (χ0n) is 23.1. The number of ether oxygens (including phenoxy) is 2. The van der Waals surface area contributed by atoms with Gasteiger partial charge in [0.1, 0.15) is 17.0 Å². The number of para-hydroxylation sites is 1. The number of rotatable bonds is 5. The highest BCUT2D eigenvalue weighted by Crippen LogP contribution is 2.44. The Bertz CT molecular complexity index is 1770. The van der Waals surface area contributed by atoms with Crippen LogP contribution in [-0.4, -0.2) is 63.6 Å². The fraction of sp³-hybridized carbons (Fsp3) is 0.303. The molecule has 1 N–H and O–H groups in total. The third-order valence-electron chi connectivity index (χ3n) is 8.72. The van der Waals surface area contributed by atoms with Crippen LogP contribution < -0.4 is 4.74 Å². The van der Waals surface area contributed by atoms with Gasteiger partial charge in [0, 0.05) is 61.8 Å². The van der Waals surface area contributed by atoms with Gasteiger partial charge in [-0.1, -0.05) is 24.3 Å². The lowest BCUT2D eigenvalue weighted by atomic mass is 9.81. The van der Waals surface area contributed by atoms with Crippen LogP contribution in [0.3, 0.4) is 0 Å². The Morgan fingerprint density at radius 3 is 2.60 bits per heavy atom. The molecule has 9 heteroatoms. The van der Waals surface area contributed by atoms with E-state index in [4.69, 9.17) is 14.5 Å². The Hall–Kier alpha value is -4.79. The number of carbonyl (C=O) groups excluding carboxylic acids is 2. The van der Waals surface area contributed by atoms with Crippen molar-refractivity contribution in [3.63, 3.8) is 0 Å². The van der Waals surface area contributed by atoms with Crippen LogP contribution in [0.15, 0.2) is 60.9 Å². The van der Waals surface area contributed by atoms with E-state index in [0.29, 0.717) is 66.4 Å². The average molecular weight is 564 g/mol. The van der Waals surface area contributed by atoms with Crippen molar-refractivity contribution in [2.24, 2.45) is 0 Å². The molecule has 2 aromatic heterocycles. The van der Waals surface area contributed by atoms with Gasteiger partial charge in [0.15, 0.2) is 0 Å². The number of aromatic carboxylic acids is 1. The Morgan fingerprint density at radius 2 is 1.86 bits per heavy atom. The molecule has 0 unspecified atom stereocenters. The molecule has 4 aromatic rings. The van der Waals surface area contributed by atoms with Crippen molar-refractivity contribution in [3.05, 3.63) is 88.9 Å². The predicted molar refractivity (Wildman–Crippen MR) is 154 cm³/mol. The van der Waals surface area contributed by atoms with E-state index < -0.39 is 17.5 Å². The Morgan fingerprint density at radius 1 is 1.05 bits per heavy atom. The van der Waals surface area contributed by atoms with Crippen LogP contribution in [0.2, 0.25) is 0 Å². The Labute approximate surface area is 242 Å². The third-order valence-corrected chi connectivity index (χ3v) is 8.72. The number of likely N-dealkylation sites (tertiary alicyclic amines) is 1. The van der Waals surface area contributed by atoms with Crippen molar-refractivity contribution < 1.29 is 29.0 Å². The summed E-state index contributed by atoms with van der Waals surface area (Å²) >= 11 is 0. The summed E-state index contributed by atoms with van der Waals surface area (Å²) in [4.78, 5) is 48.8. The van der Waals surface area contributed by atoms with Gasteiger partial charge < -0.3 is 19.5 Å². The number of hydrogen-bond acceptors (Lipinski definition) is 7. The second kappa shape index (κ2) is 9.94. The minimum atomic E-state index is -1.06. The van der Waals surface area contributed by atoms with Gasteiger partial charge in [-0.25, -0.2) is 14.6 Å². The van der Waals surface area contributed by atoms with E-state index in [1.54, 1.807) is 30.3 Å². The second-order valence-electron chi connectivity index (χ2n) is 11.4. The smallest absolute Gasteiger partial charge is 0.338 e. The molecule has 212 valence electrons. The van der Waals surface area contributed by atoms with Gasteiger partial charge >= 0.3 is 11.9 Å². The molecule has 0 bridgehead atoms. The maximum absolute atomic E-state index is 13.6. The molecular formula is C33H29N3O6. The van der Waals surface area contributed by atoms with Crippen LogP contribution in [0, 0.1) is 0 Å². The molecule has 2 aromatic carbocycles. The van der Waals surface area contributed by atoms with Gasteiger partial charge in [0.25, 0.3) is 5.91 Å². The summed E-state index contributed by atoms with van der Waals surface area (Å²) in [6, 6.07) is 14.9. The number of carboxylic acid groups (broad SMARTS) is 1. The highest BCUT2D eigenvalue weighted by Gasteiger charge is 2.44. The number of aromatic nitrogens is 2. The molecule has 1 amide bonds. The highest BCUT2D eigenvalue weighted by molar-refractivity contribution is 5.98. The molecule has 4 heterocycles. The van der Waals surface area contributed by atoms with Crippen LogP contribution in [0.25, 0.3) is 22.0 Å². The van der Waals surface area contributed by atoms with Crippen LogP contribution in [0.4, 0.5) is 0 Å². The first-order valence-electron chi connectivity index (χ1n) is 14.2. The number of methoxy groups -OCH3 is 1. The number of benzene rings is 2. The number of amides is 1. The van der Waals surface area contributed by atoms with E-state index in [1.165, 1.54) is 17.8 Å². The predicted octanol–water partition coefficient (Wildman–Crippen LogP) is 5.27. The summed E-state index contributed by atoms with van der Waals surface area (Å²) in [5, 5.41) is 10.2. The standard InChI is InChI=1S/C33H29N3O6/c1-41-28-15-27(35-29-24(19-5-6-19)3-2-4-25(28)29)30(37)36-11-9-33(10-12-36)16-21-8-7-20(14-26(21)32(40)42-33)22-13-23(31(38)39)18-34-17-22/h2-4,7-8,13-15,17-19H,5-6,9-12,16H2,1H3,(H,38,39). The molecule has 9 nitrogen and oxygen atoms in total. The Kier molecular flexibility index (Phi) is 6.18. The summed E-state index contributed by atoms with van der Waals surface area (Å²) in [6.07, 6.45) is 6.72. The quantitative estimate of drug-likeness (QED) is 0.326. The lowest BCUT2D eigenvalue weighted by molar-refractivity contribution is -0.0527. The number of nitrogens with zero attached hydrogens (tertiary/aromatic N) is 3. The fourth-order valence-electron chi connectivity index (χ4n) is 6.25. The molecule has 7 rings (SSSR count). The normalized spacial score (nSPS) is 17.5. The summed E-state index contributed by atoms with van der Waals surface area (Å²) in [5.74, 6) is -0.500. The maximum Gasteiger partial charge on any atom is 0.338 e. The van der Waals surface area contributed by atoms with Gasteiger partial charge in [0.05, 0.1) is 23.8 Å². The highest BCUT2D eigenvalue weighted by atomic mass is 16.6. The number of hydrogen-bond donors (Lipinski definition) is 1. The number of carbonyl (C=O) groups is 3. The van der Waals surface area contributed by atoms with E-state index in [1.807, 2.05) is 24.3 Å². The van der Waals surface area contributed by atoms with Crippen molar-refractivity contribution in [2.75, 3.05) is 20.2 Å². The number of carboxylic acids is 1. The van der Waals surface area contributed by atoms with Gasteiger partial charge in [-0.05, 0) is 53.6 Å². The van der Waals surface area contributed by atoms with E-state index in [-0.39, 0.29) is 11.5 Å². The lowest BCUT2D eigenvalue weighted by Crippen LogP contribution is -2.52. The second-order valence-corrected chi connectivity index (χ2v) is 11.4. The summed E-state index contributed by atoms with van der Waals surface area (Å²) < 4.78 is 11.7. The zero-order chi connectivity index (χ0) is 29.0. The monoisotopic (exact) mass is 563 g/mol. The average Bonchev–Trinajstić information content (AvgIpc) is 3.86. The first kappa shape index (κ1) is 26.1. The molecule has 0 radical (unpaired) electrons. The van der Waals surface area contributed by atoms with Crippen molar-refractivity contribution >= 4 is 28.7 Å². The topological polar surface area (TPSA) is 119 Å². The SMILES string of the molecule is COc1cc(C(=O)N2CCC3(CC2)Cc2ccc(-c4cncc(C(=O)O)c4)cc2C(=O)O3)nc2c(C3CC3)cccc12. The van der Waals surface area contributed by atoms with E-state index in [9.17, 15) is 19.5 Å². The molecular weight excluding hydrogens is 534 g/mol. The van der Waals surface area contributed by atoms with Crippen molar-refractivity contribution in [1.82, 2.24) is 14.9 Å². The van der Waals surface area contributed by atoms with Gasteiger partial charge in [0.2, 0.25) is 0 Å².